The normalized spacial score (nSPS) is 11.2. The lowest BCUT2D eigenvalue weighted by Crippen LogP contribution is -2.27. The van der Waals surface area contributed by atoms with Crippen LogP contribution in [0.5, 0.6) is 0 Å². The zero-order valence-electron chi connectivity index (χ0n) is 9.60. The van der Waals surface area contributed by atoms with Crippen LogP contribution in [0.4, 0.5) is 5.69 Å². The fourth-order valence-corrected chi connectivity index (χ4v) is 2.12. The van der Waals surface area contributed by atoms with Gasteiger partial charge >= 0.3 is 5.97 Å². The largest absolute Gasteiger partial charge is 0.478 e. The first-order valence-electron chi connectivity index (χ1n) is 5.01. The van der Waals surface area contributed by atoms with Gasteiger partial charge in [-0.15, -0.1) is 0 Å². The van der Waals surface area contributed by atoms with E-state index in [9.17, 15) is 13.2 Å². The molecular weight excluding hydrogens is 324 g/mol. The predicted molar refractivity (Wildman–Crippen MR) is 72.4 cm³/mol. The van der Waals surface area contributed by atoms with E-state index in [0.29, 0.717) is 16.7 Å². The second kappa shape index (κ2) is 6.17. The van der Waals surface area contributed by atoms with Crippen molar-refractivity contribution in [3.63, 3.8) is 0 Å². The van der Waals surface area contributed by atoms with Crippen molar-refractivity contribution >= 4 is 37.6 Å². The molecule has 0 radical (unpaired) electrons. The molecule has 0 bridgehead atoms. The Bertz CT molecular complexity index is 545. The number of carboxylic acid groups (broad SMARTS) is 1. The Labute approximate surface area is 114 Å². The highest BCUT2D eigenvalue weighted by atomic mass is 79.9. The molecule has 8 heteroatoms. The Hall–Kier alpha value is -1.12. The highest BCUT2D eigenvalue weighted by molar-refractivity contribution is 9.10. The van der Waals surface area contributed by atoms with E-state index in [1.54, 1.807) is 12.1 Å². The zero-order valence-corrected chi connectivity index (χ0v) is 12.0. The summed E-state index contributed by atoms with van der Waals surface area (Å²) in [6.45, 7) is 0.489. The molecule has 1 aromatic carbocycles. The van der Waals surface area contributed by atoms with E-state index >= 15 is 0 Å². The summed E-state index contributed by atoms with van der Waals surface area (Å²) in [5.74, 6) is -1.05. The number of rotatable bonds is 6. The Morgan fingerprint density at radius 3 is 2.61 bits per heavy atom. The van der Waals surface area contributed by atoms with Crippen molar-refractivity contribution in [3.8, 4) is 0 Å². The molecule has 0 saturated heterocycles. The van der Waals surface area contributed by atoms with Crippen LogP contribution in [0.2, 0.25) is 0 Å². The lowest BCUT2D eigenvalue weighted by Gasteiger charge is -2.10. The van der Waals surface area contributed by atoms with Crippen LogP contribution in [0, 0.1) is 0 Å². The zero-order chi connectivity index (χ0) is 13.8. The van der Waals surface area contributed by atoms with E-state index in [2.05, 4.69) is 26.0 Å². The highest BCUT2D eigenvalue weighted by Crippen LogP contribution is 2.20. The maximum absolute atomic E-state index is 11.0. The van der Waals surface area contributed by atoms with E-state index in [1.165, 1.54) is 6.07 Å². The number of anilines is 1. The molecule has 0 heterocycles. The smallest absolute Gasteiger partial charge is 0.337 e. The number of carboxylic acids is 1. The highest BCUT2D eigenvalue weighted by Gasteiger charge is 2.10. The summed E-state index contributed by atoms with van der Waals surface area (Å²) in [4.78, 5) is 11.0. The van der Waals surface area contributed by atoms with Gasteiger partial charge in [0.1, 0.15) is 0 Å². The Kier molecular flexibility index (Phi) is 5.12. The lowest BCUT2D eigenvalue weighted by atomic mass is 10.2. The van der Waals surface area contributed by atoms with Gasteiger partial charge in [-0.3, -0.25) is 0 Å². The molecule has 0 aromatic heterocycles. The minimum atomic E-state index is -3.23. The van der Waals surface area contributed by atoms with Crippen molar-refractivity contribution in [1.82, 2.24) is 4.72 Å². The van der Waals surface area contributed by atoms with E-state index < -0.39 is 16.0 Å². The van der Waals surface area contributed by atoms with Gasteiger partial charge in [-0.1, -0.05) is 15.9 Å². The summed E-state index contributed by atoms with van der Waals surface area (Å²) in [5.41, 5.74) is 0.574. The number of aromatic carboxylic acids is 1. The molecule has 0 saturated carbocycles. The molecule has 6 nitrogen and oxygen atoms in total. The number of benzene rings is 1. The van der Waals surface area contributed by atoms with Crippen LogP contribution in [0.25, 0.3) is 0 Å². The Balaban J connectivity index is 2.65. The number of halogens is 1. The molecule has 1 rings (SSSR count). The minimum Gasteiger partial charge on any atom is -0.478 e. The van der Waals surface area contributed by atoms with Gasteiger partial charge in [0, 0.05) is 23.2 Å². The van der Waals surface area contributed by atoms with Gasteiger partial charge in [-0.2, -0.15) is 0 Å². The molecule has 100 valence electrons. The van der Waals surface area contributed by atoms with Crippen LogP contribution >= 0.6 is 15.9 Å². The predicted octanol–water partition coefficient (Wildman–Crippen LogP) is 1.11. The van der Waals surface area contributed by atoms with Crippen LogP contribution in [-0.4, -0.2) is 38.8 Å². The molecule has 0 atom stereocenters. The number of sulfonamides is 1. The number of carbonyl (C=O) groups is 1. The molecule has 0 aliphatic carbocycles. The van der Waals surface area contributed by atoms with Crippen LogP contribution in [0.1, 0.15) is 10.4 Å². The first kappa shape index (κ1) is 14.9. The van der Waals surface area contributed by atoms with Crippen molar-refractivity contribution in [2.45, 2.75) is 0 Å². The van der Waals surface area contributed by atoms with Gasteiger partial charge < -0.3 is 10.4 Å². The molecule has 1 aromatic rings. The molecule has 0 unspecified atom stereocenters. The molecule has 18 heavy (non-hydrogen) atoms. The van der Waals surface area contributed by atoms with Crippen LogP contribution in [-0.2, 0) is 10.0 Å². The second-order valence-electron chi connectivity index (χ2n) is 3.59. The fourth-order valence-electron chi connectivity index (χ4n) is 1.28. The van der Waals surface area contributed by atoms with Gasteiger partial charge in [0.25, 0.3) is 0 Å². The second-order valence-corrected chi connectivity index (χ2v) is 6.34. The lowest BCUT2D eigenvalue weighted by molar-refractivity contribution is 0.0698. The first-order valence-corrected chi connectivity index (χ1v) is 7.69. The summed E-state index contributed by atoms with van der Waals surface area (Å²) in [7, 11) is -3.23. The van der Waals surface area contributed by atoms with Crippen LogP contribution < -0.4 is 10.0 Å². The maximum atomic E-state index is 11.0. The standard InChI is InChI=1S/C10H13BrN2O4S/c1-18(16,17)13-5-4-12-9-3-2-7(11)6-8(9)10(14)15/h2-3,6,12-13H,4-5H2,1H3,(H,14,15). The molecular formula is C10H13BrN2O4S. The summed E-state index contributed by atoms with van der Waals surface area (Å²) in [6, 6.07) is 4.81. The number of hydrogen-bond donors (Lipinski definition) is 3. The minimum absolute atomic E-state index is 0.128. The maximum Gasteiger partial charge on any atom is 0.337 e. The van der Waals surface area contributed by atoms with E-state index in [4.69, 9.17) is 5.11 Å². The van der Waals surface area contributed by atoms with Crippen molar-refractivity contribution in [2.75, 3.05) is 24.7 Å². The van der Waals surface area contributed by atoms with E-state index in [-0.39, 0.29) is 12.1 Å². The fraction of sp³-hybridized carbons (Fsp3) is 0.300. The van der Waals surface area contributed by atoms with E-state index in [1.807, 2.05) is 0 Å². The summed E-state index contributed by atoms with van der Waals surface area (Å²) < 4.78 is 24.6. The third-order valence-corrected chi connectivity index (χ3v) is 3.24. The molecule has 0 aliphatic rings. The molecule has 0 fully saturated rings. The van der Waals surface area contributed by atoms with E-state index in [0.717, 1.165) is 6.26 Å². The number of hydrogen-bond acceptors (Lipinski definition) is 4. The summed E-state index contributed by atoms with van der Waals surface area (Å²) in [5, 5.41) is 11.9. The monoisotopic (exact) mass is 336 g/mol. The van der Waals surface area contributed by atoms with Gasteiger partial charge in [0.05, 0.1) is 11.8 Å². The van der Waals surface area contributed by atoms with Gasteiger partial charge in [0.15, 0.2) is 0 Å². The molecule has 0 aliphatic heterocycles. The number of nitrogens with one attached hydrogen (secondary N) is 2. The van der Waals surface area contributed by atoms with Crippen molar-refractivity contribution in [3.05, 3.63) is 28.2 Å². The Morgan fingerprint density at radius 1 is 1.39 bits per heavy atom. The van der Waals surface area contributed by atoms with Gasteiger partial charge in [-0.25, -0.2) is 17.9 Å². The summed E-state index contributed by atoms with van der Waals surface area (Å²) >= 11 is 3.19. The third kappa shape index (κ3) is 5.03. The van der Waals surface area contributed by atoms with Crippen molar-refractivity contribution < 1.29 is 18.3 Å². The Morgan fingerprint density at radius 2 is 2.06 bits per heavy atom. The average molecular weight is 337 g/mol. The molecule has 0 spiro atoms. The first-order chi connectivity index (χ1) is 8.29. The molecule has 0 amide bonds. The third-order valence-electron chi connectivity index (χ3n) is 2.02. The topological polar surface area (TPSA) is 95.5 Å². The van der Waals surface area contributed by atoms with Gasteiger partial charge in [-0.05, 0) is 18.2 Å². The van der Waals surface area contributed by atoms with Crippen LogP contribution in [0.15, 0.2) is 22.7 Å². The van der Waals surface area contributed by atoms with Gasteiger partial charge in [0.2, 0.25) is 10.0 Å². The van der Waals surface area contributed by atoms with Crippen molar-refractivity contribution in [1.29, 1.82) is 0 Å². The molecule has 3 N–H and O–H groups in total. The quantitative estimate of drug-likeness (QED) is 0.676. The van der Waals surface area contributed by atoms with Crippen LogP contribution in [0.3, 0.4) is 0 Å². The van der Waals surface area contributed by atoms with Crippen molar-refractivity contribution in [2.24, 2.45) is 0 Å². The summed E-state index contributed by atoms with van der Waals surface area (Å²) in [6.07, 6.45) is 1.06. The average Bonchev–Trinajstić information content (AvgIpc) is 2.24. The SMILES string of the molecule is CS(=O)(=O)NCCNc1ccc(Br)cc1C(=O)O.